The molecule has 0 aliphatic heterocycles. The molecule has 0 saturated heterocycles. The average Bonchev–Trinajstić information content (AvgIpc) is 3.55. The normalized spacial score (nSPS) is 14.0. The number of methoxy groups -OCH3 is 3. The third-order valence-electron chi connectivity index (χ3n) is 8.32. The van der Waals surface area contributed by atoms with Crippen molar-refractivity contribution in [2.45, 2.75) is 76.4 Å². The van der Waals surface area contributed by atoms with Crippen LogP contribution in [0.1, 0.15) is 55.7 Å². The zero-order valence-corrected chi connectivity index (χ0v) is 28.4. The Morgan fingerprint density at radius 1 is 0.870 bits per heavy atom. The molecule has 1 atom stereocenters. The lowest BCUT2D eigenvalue weighted by atomic mass is 10.1. The SMILES string of the molecule is CCC(C(=O)NC1CCCC1)N(Cc1ccc(OC)cc1)C(=O)CN(c1cc(C)cc(C)c1)S(=O)(=O)c1ccc(OC)c(OC)c1. The smallest absolute Gasteiger partial charge is 0.264 e. The van der Waals surface area contributed by atoms with Crippen molar-refractivity contribution in [3.8, 4) is 17.2 Å². The van der Waals surface area contributed by atoms with Crippen molar-refractivity contribution in [3.05, 3.63) is 77.4 Å². The van der Waals surface area contributed by atoms with Crippen LogP contribution in [0.3, 0.4) is 0 Å². The van der Waals surface area contributed by atoms with Crippen LogP contribution in [0.2, 0.25) is 0 Å². The lowest BCUT2D eigenvalue weighted by Crippen LogP contribution is -2.53. The van der Waals surface area contributed by atoms with Gasteiger partial charge in [0.15, 0.2) is 11.5 Å². The number of carbonyl (C=O) groups is 2. The van der Waals surface area contributed by atoms with E-state index in [0.29, 0.717) is 23.6 Å². The third-order valence-corrected chi connectivity index (χ3v) is 10.1. The number of amides is 2. The number of anilines is 1. The molecular weight excluding hydrogens is 606 g/mol. The lowest BCUT2D eigenvalue weighted by molar-refractivity contribution is -0.140. The van der Waals surface area contributed by atoms with E-state index in [9.17, 15) is 18.0 Å². The van der Waals surface area contributed by atoms with Crippen LogP contribution in [0.5, 0.6) is 17.2 Å². The highest BCUT2D eigenvalue weighted by Gasteiger charge is 2.35. The van der Waals surface area contributed by atoms with Gasteiger partial charge in [0, 0.05) is 18.7 Å². The van der Waals surface area contributed by atoms with Gasteiger partial charge in [0.2, 0.25) is 11.8 Å². The molecular formula is C35H45N3O7S. The standard InChI is InChI=1S/C35H45N3O7S/c1-7-31(35(40)36-27-10-8-9-11-27)37(22-26-12-14-29(43-4)15-13-26)34(39)23-38(28-19-24(2)18-25(3)20-28)46(41,42)30-16-17-32(44-5)33(21-30)45-6/h12-21,27,31H,7-11,22-23H2,1-6H3,(H,36,40). The highest BCUT2D eigenvalue weighted by atomic mass is 32.2. The van der Waals surface area contributed by atoms with Gasteiger partial charge >= 0.3 is 0 Å². The molecule has 1 aliphatic rings. The molecule has 3 aromatic rings. The highest BCUT2D eigenvalue weighted by Crippen LogP contribution is 2.33. The van der Waals surface area contributed by atoms with Crippen molar-refractivity contribution < 1.29 is 32.2 Å². The summed E-state index contributed by atoms with van der Waals surface area (Å²) in [5, 5.41) is 3.14. The summed E-state index contributed by atoms with van der Waals surface area (Å²) < 4.78 is 45.9. The van der Waals surface area contributed by atoms with E-state index in [4.69, 9.17) is 14.2 Å². The fraction of sp³-hybridized carbons (Fsp3) is 0.429. The van der Waals surface area contributed by atoms with E-state index in [2.05, 4.69) is 5.32 Å². The van der Waals surface area contributed by atoms with E-state index < -0.39 is 28.5 Å². The summed E-state index contributed by atoms with van der Waals surface area (Å²) in [5.74, 6) is 0.533. The molecule has 1 aliphatic carbocycles. The van der Waals surface area contributed by atoms with Gasteiger partial charge in [-0.2, -0.15) is 0 Å². The van der Waals surface area contributed by atoms with Crippen molar-refractivity contribution in [1.82, 2.24) is 10.2 Å². The Morgan fingerprint density at radius 3 is 2.07 bits per heavy atom. The fourth-order valence-corrected chi connectivity index (χ4v) is 7.36. The van der Waals surface area contributed by atoms with Crippen LogP contribution in [0.4, 0.5) is 5.69 Å². The first-order valence-electron chi connectivity index (χ1n) is 15.6. The number of sulfonamides is 1. The monoisotopic (exact) mass is 651 g/mol. The van der Waals surface area contributed by atoms with Crippen LogP contribution < -0.4 is 23.8 Å². The maximum atomic E-state index is 14.4. The fourth-order valence-electron chi connectivity index (χ4n) is 5.94. The van der Waals surface area contributed by atoms with E-state index >= 15 is 0 Å². The number of rotatable bonds is 14. The summed E-state index contributed by atoms with van der Waals surface area (Å²) in [5.41, 5.74) is 2.80. The van der Waals surface area contributed by atoms with Crippen molar-refractivity contribution in [1.29, 1.82) is 0 Å². The van der Waals surface area contributed by atoms with Crippen molar-refractivity contribution >= 4 is 27.5 Å². The maximum absolute atomic E-state index is 14.4. The molecule has 4 rings (SSSR count). The van der Waals surface area contributed by atoms with Crippen LogP contribution in [0, 0.1) is 13.8 Å². The molecule has 3 aromatic carbocycles. The van der Waals surface area contributed by atoms with Gasteiger partial charge in [-0.3, -0.25) is 13.9 Å². The third kappa shape index (κ3) is 8.12. The van der Waals surface area contributed by atoms with E-state index in [1.54, 1.807) is 31.4 Å². The minimum Gasteiger partial charge on any atom is -0.497 e. The average molecular weight is 652 g/mol. The van der Waals surface area contributed by atoms with E-state index in [1.165, 1.54) is 37.3 Å². The molecule has 2 amide bonds. The van der Waals surface area contributed by atoms with Crippen LogP contribution >= 0.6 is 0 Å². The summed E-state index contributed by atoms with van der Waals surface area (Å²) in [6, 6.07) is 16.2. The van der Waals surface area contributed by atoms with E-state index in [0.717, 1.165) is 46.7 Å². The summed E-state index contributed by atoms with van der Waals surface area (Å²) in [4.78, 5) is 29.5. The minimum atomic E-state index is -4.29. The first kappa shape index (κ1) is 34.6. The summed E-state index contributed by atoms with van der Waals surface area (Å²) >= 11 is 0. The van der Waals surface area contributed by atoms with Crippen molar-refractivity contribution in [3.63, 3.8) is 0 Å². The molecule has 248 valence electrons. The second-order valence-electron chi connectivity index (χ2n) is 11.7. The Bertz CT molecular complexity index is 1600. The predicted molar refractivity (Wildman–Crippen MR) is 178 cm³/mol. The number of ether oxygens (including phenoxy) is 3. The van der Waals surface area contributed by atoms with Crippen LogP contribution in [0.15, 0.2) is 65.6 Å². The molecule has 1 saturated carbocycles. The van der Waals surface area contributed by atoms with Crippen LogP contribution in [-0.2, 0) is 26.2 Å². The van der Waals surface area contributed by atoms with Gasteiger partial charge in [-0.1, -0.05) is 38.0 Å². The molecule has 1 unspecified atom stereocenters. The predicted octanol–water partition coefficient (Wildman–Crippen LogP) is 5.39. The molecule has 0 spiro atoms. The van der Waals surface area contributed by atoms with Crippen LogP contribution in [-0.4, -0.2) is 65.1 Å². The largest absolute Gasteiger partial charge is 0.497 e. The molecule has 1 fully saturated rings. The Kier molecular flexibility index (Phi) is 11.6. The van der Waals surface area contributed by atoms with Gasteiger partial charge in [0.05, 0.1) is 31.9 Å². The highest BCUT2D eigenvalue weighted by molar-refractivity contribution is 7.92. The first-order valence-corrected chi connectivity index (χ1v) is 17.0. The van der Waals surface area contributed by atoms with E-state index in [-0.39, 0.29) is 29.1 Å². The second kappa shape index (κ2) is 15.4. The molecule has 0 bridgehead atoms. The number of hydrogen-bond donors (Lipinski definition) is 1. The minimum absolute atomic E-state index is 0.0650. The molecule has 0 aromatic heterocycles. The summed E-state index contributed by atoms with van der Waals surface area (Å²) in [7, 11) is 0.179. The molecule has 0 heterocycles. The van der Waals surface area contributed by atoms with Gasteiger partial charge < -0.3 is 24.4 Å². The van der Waals surface area contributed by atoms with Gasteiger partial charge in [0.25, 0.3) is 10.0 Å². The lowest BCUT2D eigenvalue weighted by Gasteiger charge is -2.34. The van der Waals surface area contributed by atoms with Gasteiger partial charge in [-0.15, -0.1) is 0 Å². The molecule has 46 heavy (non-hydrogen) atoms. The number of nitrogens with one attached hydrogen (secondary N) is 1. The van der Waals surface area contributed by atoms with Crippen LogP contribution in [0.25, 0.3) is 0 Å². The Balaban J connectivity index is 1.77. The Hall–Kier alpha value is -4.25. The first-order chi connectivity index (χ1) is 22.0. The van der Waals surface area contributed by atoms with Gasteiger partial charge in [0.1, 0.15) is 18.3 Å². The van der Waals surface area contributed by atoms with E-state index in [1.807, 2.05) is 39.0 Å². The Labute approximate surface area is 272 Å². The Morgan fingerprint density at radius 2 is 1.50 bits per heavy atom. The molecule has 1 N–H and O–H groups in total. The molecule has 10 nitrogen and oxygen atoms in total. The quantitative estimate of drug-likeness (QED) is 0.249. The van der Waals surface area contributed by atoms with Gasteiger partial charge in [-0.25, -0.2) is 8.42 Å². The zero-order valence-electron chi connectivity index (χ0n) is 27.5. The number of benzene rings is 3. The van der Waals surface area contributed by atoms with Crippen molar-refractivity contribution in [2.24, 2.45) is 0 Å². The topological polar surface area (TPSA) is 114 Å². The molecule has 11 heteroatoms. The number of nitrogens with zero attached hydrogens (tertiary/aromatic N) is 2. The number of carbonyl (C=O) groups excluding carboxylic acids is 2. The second-order valence-corrected chi connectivity index (χ2v) is 13.5. The maximum Gasteiger partial charge on any atom is 0.264 e. The number of hydrogen-bond acceptors (Lipinski definition) is 7. The van der Waals surface area contributed by atoms with Gasteiger partial charge in [-0.05, 0) is 86.2 Å². The summed E-state index contributed by atoms with van der Waals surface area (Å²) in [6.07, 6.45) is 4.26. The summed E-state index contributed by atoms with van der Waals surface area (Å²) in [6.45, 7) is 5.18. The molecule has 0 radical (unpaired) electrons. The van der Waals surface area contributed by atoms with Crippen molar-refractivity contribution in [2.75, 3.05) is 32.2 Å². The zero-order chi connectivity index (χ0) is 33.4. The number of aryl methyl sites for hydroxylation is 2.